The molecule has 2 aliphatic rings. The van der Waals surface area contributed by atoms with Crippen LogP contribution in [-0.4, -0.2) is 47.5 Å². The van der Waals surface area contributed by atoms with Crippen molar-refractivity contribution < 1.29 is 14.6 Å². The van der Waals surface area contributed by atoms with E-state index in [4.69, 9.17) is 21.3 Å². The lowest BCUT2D eigenvalue weighted by atomic mass is 9.87. The van der Waals surface area contributed by atoms with Crippen molar-refractivity contribution in [3.8, 4) is 11.5 Å². The number of carbonyl (C=O) groups is 1. The highest BCUT2D eigenvalue weighted by Gasteiger charge is 2.35. The maximum Gasteiger partial charge on any atom is 0.308 e. The molecule has 2 N–H and O–H groups in total. The Kier molecular flexibility index (Phi) is 5.48. The van der Waals surface area contributed by atoms with Crippen LogP contribution in [0, 0.1) is 11.8 Å². The number of halogens is 1. The summed E-state index contributed by atoms with van der Waals surface area (Å²) in [5.74, 6) is 0.924. The Hall–Kier alpha value is -2.57. The zero-order valence-corrected chi connectivity index (χ0v) is 17.2. The fraction of sp³-hybridized carbons (Fsp3) is 0.364. The van der Waals surface area contributed by atoms with Crippen molar-refractivity contribution in [2.24, 2.45) is 16.8 Å². The van der Waals surface area contributed by atoms with Crippen molar-refractivity contribution in [2.45, 2.75) is 19.9 Å². The van der Waals surface area contributed by atoms with Crippen molar-refractivity contribution in [3.63, 3.8) is 0 Å². The number of carboxylic acid groups (broad SMARTS) is 1. The first kappa shape index (κ1) is 19.7. The first-order chi connectivity index (χ1) is 13.9. The lowest BCUT2D eigenvalue weighted by Gasteiger charge is -2.39. The van der Waals surface area contributed by atoms with Crippen LogP contribution < -0.4 is 10.1 Å². The second-order valence-corrected chi connectivity index (χ2v) is 8.20. The summed E-state index contributed by atoms with van der Waals surface area (Å²) in [4.78, 5) is 18.9. The van der Waals surface area contributed by atoms with E-state index in [0.717, 1.165) is 23.7 Å². The van der Waals surface area contributed by atoms with Gasteiger partial charge in [0.15, 0.2) is 5.75 Å². The van der Waals surface area contributed by atoms with E-state index < -0.39 is 11.9 Å². The lowest BCUT2D eigenvalue weighted by molar-refractivity contribution is -0.144. The summed E-state index contributed by atoms with van der Waals surface area (Å²) in [7, 11) is 0. The van der Waals surface area contributed by atoms with Crippen LogP contribution in [0.25, 0.3) is 0 Å². The average molecular weight is 414 g/mol. The normalized spacial score (nSPS) is 19.5. The summed E-state index contributed by atoms with van der Waals surface area (Å²) in [6, 6.07) is 13.0. The van der Waals surface area contributed by atoms with Gasteiger partial charge in [-0.2, -0.15) is 0 Å². The molecule has 4 rings (SSSR count). The first-order valence-corrected chi connectivity index (χ1v) is 10.2. The number of aliphatic carboxylic acids is 1. The number of piperazine rings is 1. The molecular weight excluding hydrogens is 390 g/mol. The van der Waals surface area contributed by atoms with Crippen molar-refractivity contribution in [2.75, 3.05) is 19.6 Å². The van der Waals surface area contributed by atoms with E-state index in [0.29, 0.717) is 29.5 Å². The van der Waals surface area contributed by atoms with E-state index >= 15 is 0 Å². The maximum absolute atomic E-state index is 11.9. The number of amidine groups is 1. The van der Waals surface area contributed by atoms with Crippen molar-refractivity contribution in [1.82, 2.24) is 10.2 Å². The number of hydrogen-bond acceptors (Lipinski definition) is 5. The minimum atomic E-state index is -0.775. The average Bonchev–Trinajstić information content (AvgIpc) is 2.84. The molecule has 29 heavy (non-hydrogen) atoms. The Labute approximate surface area is 175 Å². The summed E-state index contributed by atoms with van der Waals surface area (Å²) in [5.41, 5.74) is 1.55. The van der Waals surface area contributed by atoms with Crippen molar-refractivity contribution in [3.05, 3.63) is 53.1 Å². The molecule has 0 aliphatic carbocycles. The van der Waals surface area contributed by atoms with E-state index in [1.165, 1.54) is 0 Å². The van der Waals surface area contributed by atoms with Crippen LogP contribution in [0.1, 0.15) is 19.4 Å². The molecule has 0 spiro atoms. The largest absolute Gasteiger partial charge is 0.481 e. The highest BCUT2D eigenvalue weighted by Crippen LogP contribution is 2.39. The van der Waals surface area contributed by atoms with E-state index in [1.54, 1.807) is 12.1 Å². The van der Waals surface area contributed by atoms with Crippen LogP contribution in [0.3, 0.4) is 0 Å². The summed E-state index contributed by atoms with van der Waals surface area (Å²) < 4.78 is 6.12. The van der Waals surface area contributed by atoms with Crippen molar-refractivity contribution in [1.29, 1.82) is 0 Å². The van der Waals surface area contributed by atoms with Crippen LogP contribution >= 0.6 is 11.6 Å². The quantitative estimate of drug-likeness (QED) is 0.790. The van der Waals surface area contributed by atoms with Crippen LogP contribution in [0.2, 0.25) is 5.02 Å². The topological polar surface area (TPSA) is 74.2 Å². The molecular formula is C22H24ClN3O3. The molecule has 152 valence electrons. The Morgan fingerprint density at radius 1 is 1.28 bits per heavy atom. The molecule has 0 radical (unpaired) electrons. The van der Waals surface area contributed by atoms with Gasteiger partial charge in [-0.05, 0) is 36.2 Å². The number of hydrogen-bond donors (Lipinski definition) is 2. The molecule has 2 aliphatic heterocycles. The highest BCUT2D eigenvalue weighted by atomic mass is 35.5. The molecule has 2 aromatic rings. The predicted molar refractivity (Wildman–Crippen MR) is 113 cm³/mol. The second kappa shape index (κ2) is 8.05. The molecule has 2 unspecified atom stereocenters. The second-order valence-electron chi connectivity index (χ2n) is 7.76. The third kappa shape index (κ3) is 3.95. The maximum atomic E-state index is 11.9. The van der Waals surface area contributed by atoms with Gasteiger partial charge in [0.2, 0.25) is 0 Å². The highest BCUT2D eigenvalue weighted by molar-refractivity contribution is 6.31. The Morgan fingerprint density at radius 3 is 2.83 bits per heavy atom. The number of rotatable bonds is 3. The van der Waals surface area contributed by atoms with Gasteiger partial charge in [-0.1, -0.05) is 37.6 Å². The van der Waals surface area contributed by atoms with Crippen LogP contribution in [0.4, 0.5) is 5.69 Å². The Balaban J connectivity index is 1.74. The molecule has 1 saturated heterocycles. The van der Waals surface area contributed by atoms with Gasteiger partial charge >= 0.3 is 5.97 Å². The summed E-state index contributed by atoms with van der Waals surface area (Å²) in [6.07, 6.45) is 0. The number of ether oxygens (including phenoxy) is 1. The number of carboxylic acids is 1. The predicted octanol–water partition coefficient (Wildman–Crippen LogP) is 4.15. The molecule has 0 amide bonds. The molecule has 2 aromatic carbocycles. The standard InChI is InChI=1S/C22H24ClN3O3/c1-13(2)20(22(27)28)17-12-26(10-9-24-17)21-15-5-3-4-6-18(15)29-19-8-7-14(23)11-16(19)25-21/h3-8,11,13,17,20,24H,9-10,12H2,1-2H3,(H,27,28). The Morgan fingerprint density at radius 2 is 2.07 bits per heavy atom. The third-order valence-corrected chi connectivity index (χ3v) is 5.67. The van der Waals surface area contributed by atoms with Gasteiger partial charge in [0.1, 0.15) is 17.3 Å². The molecule has 0 aromatic heterocycles. The van der Waals surface area contributed by atoms with Crippen molar-refractivity contribution >= 4 is 29.1 Å². The van der Waals surface area contributed by atoms with Crippen LogP contribution in [-0.2, 0) is 4.79 Å². The molecule has 1 fully saturated rings. The Bertz CT molecular complexity index is 960. The third-order valence-electron chi connectivity index (χ3n) is 5.44. The zero-order chi connectivity index (χ0) is 20.5. The smallest absolute Gasteiger partial charge is 0.308 e. The minimum Gasteiger partial charge on any atom is -0.481 e. The lowest BCUT2D eigenvalue weighted by Crippen LogP contribution is -2.57. The van der Waals surface area contributed by atoms with Gasteiger partial charge in [-0.25, -0.2) is 4.99 Å². The summed E-state index contributed by atoms with van der Waals surface area (Å²) >= 11 is 6.20. The fourth-order valence-corrected chi connectivity index (χ4v) is 4.24. The summed E-state index contributed by atoms with van der Waals surface area (Å²) in [5, 5.41) is 13.7. The molecule has 0 saturated carbocycles. The van der Waals surface area contributed by atoms with Gasteiger partial charge in [-0.15, -0.1) is 0 Å². The number of fused-ring (bicyclic) bond motifs is 2. The molecule has 6 nitrogen and oxygen atoms in total. The monoisotopic (exact) mass is 413 g/mol. The first-order valence-electron chi connectivity index (χ1n) is 9.80. The number of para-hydroxylation sites is 1. The van der Waals surface area contributed by atoms with Gasteiger partial charge in [-0.3, -0.25) is 4.79 Å². The van der Waals surface area contributed by atoms with Gasteiger partial charge in [0.05, 0.1) is 11.5 Å². The van der Waals surface area contributed by atoms with E-state index in [1.807, 2.05) is 44.2 Å². The SMILES string of the molecule is CC(C)C(C(=O)O)C1CN(C2=Nc3cc(Cl)ccc3Oc3ccccc32)CCN1. The minimum absolute atomic E-state index is 0.0242. The van der Waals surface area contributed by atoms with Gasteiger partial charge < -0.3 is 20.1 Å². The molecule has 7 heteroatoms. The molecule has 0 bridgehead atoms. The van der Waals surface area contributed by atoms with E-state index in [-0.39, 0.29) is 12.0 Å². The number of nitrogens with one attached hydrogen (secondary N) is 1. The van der Waals surface area contributed by atoms with Gasteiger partial charge in [0, 0.05) is 30.7 Å². The molecule has 2 atom stereocenters. The van der Waals surface area contributed by atoms with E-state index in [9.17, 15) is 9.90 Å². The number of benzene rings is 2. The number of aliphatic imine (C=N–C) groups is 1. The number of nitrogens with zero attached hydrogens (tertiary/aromatic N) is 2. The zero-order valence-electron chi connectivity index (χ0n) is 16.4. The fourth-order valence-electron chi connectivity index (χ4n) is 4.07. The van der Waals surface area contributed by atoms with Crippen LogP contribution in [0.15, 0.2) is 47.5 Å². The molecule has 2 heterocycles. The van der Waals surface area contributed by atoms with Crippen LogP contribution in [0.5, 0.6) is 11.5 Å². The summed E-state index contributed by atoms with van der Waals surface area (Å²) in [6.45, 7) is 5.86. The van der Waals surface area contributed by atoms with E-state index in [2.05, 4.69) is 10.2 Å². The van der Waals surface area contributed by atoms with Gasteiger partial charge in [0.25, 0.3) is 0 Å².